The van der Waals surface area contributed by atoms with Gasteiger partial charge in [0, 0.05) is 26.7 Å². The quantitative estimate of drug-likeness (QED) is 0.740. The van der Waals surface area contributed by atoms with Gasteiger partial charge in [-0.3, -0.25) is 0 Å². The number of hydrogen-bond acceptors (Lipinski definition) is 3. The van der Waals surface area contributed by atoms with Gasteiger partial charge < -0.3 is 14.8 Å². The molecular formula is C13H19NO2. The first-order valence-corrected chi connectivity index (χ1v) is 5.84. The Balaban J connectivity index is 1.67. The highest BCUT2D eigenvalue weighted by molar-refractivity contribution is 5.37. The topological polar surface area (TPSA) is 30.5 Å². The molecule has 0 bridgehead atoms. The van der Waals surface area contributed by atoms with Crippen molar-refractivity contribution in [2.45, 2.75) is 18.9 Å². The summed E-state index contributed by atoms with van der Waals surface area (Å²) in [5, 5.41) is 3.39. The molecule has 16 heavy (non-hydrogen) atoms. The normalized spacial score (nSPS) is 18.2. The molecule has 0 aliphatic carbocycles. The van der Waals surface area contributed by atoms with Crippen molar-refractivity contribution < 1.29 is 9.47 Å². The van der Waals surface area contributed by atoms with Crippen LogP contribution >= 0.6 is 0 Å². The lowest BCUT2D eigenvalue weighted by Gasteiger charge is -2.11. The first kappa shape index (κ1) is 11.4. The van der Waals surface area contributed by atoms with Crippen LogP contribution in [-0.2, 0) is 11.2 Å². The number of ether oxygens (including phenoxy) is 2. The highest BCUT2D eigenvalue weighted by Crippen LogP contribution is 2.27. The Morgan fingerprint density at radius 1 is 1.44 bits per heavy atom. The Morgan fingerprint density at radius 2 is 2.31 bits per heavy atom. The smallest absolute Gasteiger partial charge is 0.123 e. The van der Waals surface area contributed by atoms with Crippen molar-refractivity contribution in [1.29, 1.82) is 0 Å². The number of hydrogen-bond donors (Lipinski definition) is 1. The van der Waals surface area contributed by atoms with Gasteiger partial charge in [-0.15, -0.1) is 0 Å². The number of para-hydroxylation sites is 1. The van der Waals surface area contributed by atoms with Crippen molar-refractivity contribution in [2.24, 2.45) is 0 Å². The molecule has 1 N–H and O–H groups in total. The Hall–Kier alpha value is -1.06. The molecule has 0 saturated heterocycles. The summed E-state index contributed by atoms with van der Waals surface area (Å²) in [4.78, 5) is 0. The third-order valence-corrected chi connectivity index (χ3v) is 2.79. The largest absolute Gasteiger partial charge is 0.488 e. The summed E-state index contributed by atoms with van der Waals surface area (Å²) < 4.78 is 10.8. The zero-order valence-corrected chi connectivity index (χ0v) is 9.74. The zero-order chi connectivity index (χ0) is 11.2. The number of rotatable bonds is 6. The van der Waals surface area contributed by atoms with Gasteiger partial charge in [0.1, 0.15) is 11.9 Å². The summed E-state index contributed by atoms with van der Waals surface area (Å²) in [7, 11) is 1.73. The van der Waals surface area contributed by atoms with E-state index in [1.54, 1.807) is 7.11 Å². The fraction of sp³-hybridized carbons (Fsp3) is 0.538. The Morgan fingerprint density at radius 3 is 3.12 bits per heavy atom. The minimum absolute atomic E-state index is 0.292. The van der Waals surface area contributed by atoms with E-state index in [9.17, 15) is 0 Å². The van der Waals surface area contributed by atoms with Crippen molar-refractivity contribution in [3.63, 3.8) is 0 Å². The maximum Gasteiger partial charge on any atom is 0.123 e. The number of nitrogens with one attached hydrogen (secondary N) is 1. The second kappa shape index (κ2) is 5.87. The van der Waals surface area contributed by atoms with Gasteiger partial charge in [0.15, 0.2) is 0 Å². The van der Waals surface area contributed by atoms with E-state index in [4.69, 9.17) is 9.47 Å². The molecule has 1 atom stereocenters. The molecule has 1 aliphatic rings. The van der Waals surface area contributed by atoms with E-state index in [0.29, 0.717) is 6.10 Å². The van der Waals surface area contributed by atoms with Crippen LogP contribution in [0.5, 0.6) is 5.75 Å². The van der Waals surface area contributed by atoms with Crippen LogP contribution in [0.2, 0.25) is 0 Å². The second-order valence-electron chi connectivity index (χ2n) is 4.10. The molecule has 0 fully saturated rings. The average molecular weight is 221 g/mol. The molecular weight excluding hydrogens is 202 g/mol. The van der Waals surface area contributed by atoms with Gasteiger partial charge in [-0.1, -0.05) is 18.2 Å². The molecule has 3 heteroatoms. The molecule has 1 aliphatic heterocycles. The molecule has 0 aromatic heterocycles. The number of benzene rings is 1. The molecule has 1 heterocycles. The summed E-state index contributed by atoms with van der Waals surface area (Å²) in [6.45, 7) is 2.72. The van der Waals surface area contributed by atoms with Crippen LogP contribution in [0.3, 0.4) is 0 Å². The Labute approximate surface area is 96.8 Å². The van der Waals surface area contributed by atoms with E-state index in [1.807, 2.05) is 12.1 Å². The predicted molar refractivity (Wildman–Crippen MR) is 63.9 cm³/mol. The molecule has 0 amide bonds. The van der Waals surface area contributed by atoms with Gasteiger partial charge in [0.25, 0.3) is 0 Å². The monoisotopic (exact) mass is 221 g/mol. The van der Waals surface area contributed by atoms with E-state index >= 15 is 0 Å². The highest BCUT2D eigenvalue weighted by atomic mass is 16.5. The summed E-state index contributed by atoms with van der Waals surface area (Å²) in [6, 6.07) is 8.27. The predicted octanol–water partition coefficient (Wildman–Crippen LogP) is 1.62. The highest BCUT2D eigenvalue weighted by Gasteiger charge is 2.21. The molecule has 1 aromatic carbocycles. The maximum atomic E-state index is 5.82. The minimum atomic E-state index is 0.292. The maximum absolute atomic E-state index is 5.82. The van der Waals surface area contributed by atoms with E-state index in [-0.39, 0.29) is 0 Å². The first-order valence-electron chi connectivity index (χ1n) is 5.84. The van der Waals surface area contributed by atoms with Crippen LogP contribution in [0.4, 0.5) is 0 Å². The lowest BCUT2D eigenvalue weighted by atomic mass is 10.1. The van der Waals surface area contributed by atoms with Crippen LogP contribution in [-0.4, -0.2) is 32.9 Å². The molecule has 0 spiro atoms. The van der Waals surface area contributed by atoms with E-state index < -0.39 is 0 Å². The van der Waals surface area contributed by atoms with Gasteiger partial charge in [-0.05, 0) is 24.6 Å². The summed E-state index contributed by atoms with van der Waals surface area (Å²) in [5.74, 6) is 1.05. The van der Waals surface area contributed by atoms with Crippen LogP contribution in [0.25, 0.3) is 0 Å². The van der Waals surface area contributed by atoms with Crippen LogP contribution in [0.15, 0.2) is 24.3 Å². The van der Waals surface area contributed by atoms with Gasteiger partial charge in [0.2, 0.25) is 0 Å². The van der Waals surface area contributed by atoms with Crippen LogP contribution < -0.4 is 10.1 Å². The number of methoxy groups -OCH3 is 1. The molecule has 2 rings (SSSR count). The summed E-state index contributed by atoms with van der Waals surface area (Å²) in [5.41, 5.74) is 1.33. The molecule has 1 unspecified atom stereocenters. The van der Waals surface area contributed by atoms with Crippen molar-refractivity contribution in [2.75, 3.05) is 26.8 Å². The van der Waals surface area contributed by atoms with Gasteiger partial charge >= 0.3 is 0 Å². The third kappa shape index (κ3) is 2.97. The van der Waals surface area contributed by atoms with Crippen molar-refractivity contribution in [1.82, 2.24) is 5.32 Å². The van der Waals surface area contributed by atoms with Gasteiger partial charge in [-0.25, -0.2) is 0 Å². The van der Waals surface area contributed by atoms with Crippen molar-refractivity contribution >= 4 is 0 Å². The van der Waals surface area contributed by atoms with Crippen molar-refractivity contribution in [3.05, 3.63) is 29.8 Å². The fourth-order valence-electron chi connectivity index (χ4n) is 1.97. The van der Waals surface area contributed by atoms with Gasteiger partial charge in [0.05, 0.1) is 0 Å². The van der Waals surface area contributed by atoms with Gasteiger partial charge in [-0.2, -0.15) is 0 Å². The molecule has 3 nitrogen and oxygen atoms in total. The summed E-state index contributed by atoms with van der Waals surface area (Å²) >= 11 is 0. The third-order valence-electron chi connectivity index (χ3n) is 2.79. The molecule has 0 radical (unpaired) electrons. The standard InChI is InChI=1S/C13H19NO2/c1-15-8-4-7-14-10-12-9-11-5-2-3-6-13(11)16-12/h2-3,5-6,12,14H,4,7-10H2,1H3. The SMILES string of the molecule is COCCCNCC1Cc2ccccc2O1. The fourth-order valence-corrected chi connectivity index (χ4v) is 1.97. The van der Waals surface area contributed by atoms with Crippen LogP contribution in [0.1, 0.15) is 12.0 Å². The lowest BCUT2D eigenvalue weighted by molar-refractivity contribution is 0.189. The van der Waals surface area contributed by atoms with Crippen molar-refractivity contribution in [3.8, 4) is 5.75 Å². The lowest BCUT2D eigenvalue weighted by Crippen LogP contribution is -2.31. The molecule has 0 saturated carbocycles. The van der Waals surface area contributed by atoms with E-state index in [1.165, 1.54) is 5.56 Å². The molecule has 1 aromatic rings. The van der Waals surface area contributed by atoms with E-state index in [2.05, 4.69) is 17.4 Å². The summed E-state index contributed by atoms with van der Waals surface area (Å²) in [6.07, 6.45) is 2.36. The van der Waals surface area contributed by atoms with E-state index in [0.717, 1.165) is 38.3 Å². The Kier molecular flexibility index (Phi) is 4.19. The zero-order valence-electron chi connectivity index (χ0n) is 9.74. The second-order valence-corrected chi connectivity index (χ2v) is 4.10. The number of fused-ring (bicyclic) bond motifs is 1. The Bertz CT molecular complexity index is 302. The first-order chi connectivity index (χ1) is 7.90. The minimum Gasteiger partial charge on any atom is -0.488 e. The molecule has 88 valence electrons. The average Bonchev–Trinajstić information content (AvgIpc) is 2.71. The van der Waals surface area contributed by atoms with Crippen LogP contribution in [0, 0.1) is 0 Å².